The zero-order chi connectivity index (χ0) is 20.6. The van der Waals surface area contributed by atoms with Gasteiger partial charge in [-0.05, 0) is 26.3 Å². The molecular weight excluding hydrogens is 391 g/mol. The van der Waals surface area contributed by atoms with Gasteiger partial charge in [0.05, 0.1) is 17.7 Å². The molecule has 2 N–H and O–H groups in total. The summed E-state index contributed by atoms with van der Waals surface area (Å²) in [4.78, 5) is 12.3. The maximum atomic E-state index is 12.6. The summed E-state index contributed by atoms with van der Waals surface area (Å²) in [6.45, 7) is 7.32. The monoisotopic (exact) mass is 415 g/mol. The molecule has 0 saturated carbocycles. The molecule has 28 heavy (non-hydrogen) atoms. The van der Waals surface area contributed by atoms with Crippen LogP contribution in [0.2, 0.25) is 0 Å². The molecule has 0 fully saturated rings. The van der Waals surface area contributed by atoms with Gasteiger partial charge in [-0.1, -0.05) is 6.07 Å². The van der Waals surface area contributed by atoms with Gasteiger partial charge >= 0.3 is 6.18 Å². The first-order valence-corrected chi connectivity index (χ1v) is 9.81. The third kappa shape index (κ3) is 7.34. The molecule has 0 aliphatic carbocycles. The highest BCUT2D eigenvalue weighted by atomic mass is 32.1. The van der Waals surface area contributed by atoms with Gasteiger partial charge in [0.1, 0.15) is 0 Å². The molecular formula is C18H24F3N5OS. The number of nitrogens with zero attached hydrogens (tertiary/aromatic N) is 3. The molecule has 0 aromatic carbocycles. The lowest BCUT2D eigenvalue weighted by Gasteiger charge is -2.11. The van der Waals surface area contributed by atoms with Crippen molar-refractivity contribution in [2.75, 3.05) is 13.1 Å². The normalized spacial score (nSPS) is 12.3. The Bertz CT molecular complexity index is 759. The number of hydrogen-bond donors (Lipinski definition) is 2. The Balaban J connectivity index is 1.87. The predicted octanol–water partition coefficient (Wildman–Crippen LogP) is 3.64. The van der Waals surface area contributed by atoms with Crippen molar-refractivity contribution < 1.29 is 17.9 Å². The first-order chi connectivity index (χ1) is 13.3. The second kappa shape index (κ2) is 10.3. The highest BCUT2D eigenvalue weighted by Gasteiger charge is 2.33. The second-order valence-electron chi connectivity index (χ2n) is 6.17. The molecule has 2 aromatic rings. The van der Waals surface area contributed by atoms with Crippen molar-refractivity contribution in [2.45, 2.75) is 46.0 Å². The van der Waals surface area contributed by atoms with Crippen molar-refractivity contribution in [3.8, 4) is 5.88 Å². The van der Waals surface area contributed by atoms with Gasteiger partial charge in [0.15, 0.2) is 11.7 Å². The Hall–Kier alpha value is -2.36. The molecule has 0 bridgehead atoms. The van der Waals surface area contributed by atoms with E-state index in [1.165, 1.54) is 0 Å². The van der Waals surface area contributed by atoms with Crippen LogP contribution in [-0.4, -0.2) is 35.1 Å². The van der Waals surface area contributed by atoms with Gasteiger partial charge in [0, 0.05) is 37.2 Å². The molecule has 2 rings (SSSR count). The molecule has 2 heterocycles. The summed E-state index contributed by atoms with van der Waals surface area (Å²) in [6.07, 6.45) is -2.25. The third-order valence-electron chi connectivity index (χ3n) is 3.39. The van der Waals surface area contributed by atoms with Crippen LogP contribution in [0.25, 0.3) is 0 Å². The molecule has 2 aromatic heterocycles. The number of thiazole rings is 1. The molecule has 0 amide bonds. The number of aliphatic imine (C=N–C) groups is 1. The summed E-state index contributed by atoms with van der Waals surface area (Å²) in [5.41, 5.74) is 0.0773. The molecule has 0 aliphatic rings. The van der Waals surface area contributed by atoms with Crippen LogP contribution in [-0.2, 0) is 19.1 Å². The highest BCUT2D eigenvalue weighted by molar-refractivity contribution is 7.09. The average Bonchev–Trinajstić information content (AvgIpc) is 3.10. The summed E-state index contributed by atoms with van der Waals surface area (Å²) in [5.74, 6) is 1.15. The van der Waals surface area contributed by atoms with E-state index >= 15 is 0 Å². The Morgan fingerprint density at radius 3 is 2.64 bits per heavy atom. The number of guanidine groups is 1. The number of halogens is 3. The Labute approximate surface area is 166 Å². The minimum atomic E-state index is -4.40. The largest absolute Gasteiger partial charge is 0.475 e. The number of hydrogen-bond acceptors (Lipinski definition) is 5. The smallest absolute Gasteiger partial charge is 0.434 e. The first-order valence-electron chi connectivity index (χ1n) is 8.93. The van der Waals surface area contributed by atoms with Gasteiger partial charge < -0.3 is 15.4 Å². The number of aromatic nitrogens is 2. The van der Waals surface area contributed by atoms with E-state index in [1.807, 2.05) is 26.8 Å². The lowest BCUT2D eigenvalue weighted by atomic mass is 10.3. The molecule has 0 spiro atoms. The molecule has 10 heteroatoms. The molecule has 6 nitrogen and oxygen atoms in total. The molecule has 0 radical (unpaired) electrons. The van der Waals surface area contributed by atoms with E-state index in [4.69, 9.17) is 4.74 Å². The van der Waals surface area contributed by atoms with Crippen LogP contribution in [0.5, 0.6) is 5.88 Å². The Morgan fingerprint density at radius 2 is 2.07 bits per heavy atom. The lowest BCUT2D eigenvalue weighted by molar-refractivity contribution is -0.140. The van der Waals surface area contributed by atoms with Gasteiger partial charge in [0.2, 0.25) is 5.88 Å². The number of nitrogens with one attached hydrogen (secondary N) is 2. The summed E-state index contributed by atoms with van der Waals surface area (Å²) < 4.78 is 43.3. The Morgan fingerprint density at radius 1 is 1.29 bits per heavy atom. The van der Waals surface area contributed by atoms with Crippen molar-refractivity contribution in [3.63, 3.8) is 0 Å². The zero-order valence-electron chi connectivity index (χ0n) is 16.0. The highest BCUT2D eigenvalue weighted by Crippen LogP contribution is 2.29. The number of ether oxygens (including phenoxy) is 1. The van der Waals surface area contributed by atoms with E-state index in [2.05, 4.69) is 25.6 Å². The number of alkyl halides is 3. The SMILES string of the molecule is CCNC(=NCc1ccc(OC(C)C)nc1)NCCc1nc(C(F)(F)F)cs1. The van der Waals surface area contributed by atoms with Crippen LogP contribution in [0, 0.1) is 0 Å². The molecule has 0 saturated heterocycles. The number of rotatable bonds is 8. The predicted molar refractivity (Wildman–Crippen MR) is 104 cm³/mol. The van der Waals surface area contributed by atoms with Gasteiger partial charge in [-0.2, -0.15) is 13.2 Å². The quantitative estimate of drug-likeness (QED) is 0.509. The van der Waals surface area contributed by atoms with Crippen molar-refractivity contribution >= 4 is 17.3 Å². The minimum Gasteiger partial charge on any atom is -0.475 e. The molecule has 0 aliphatic heterocycles. The maximum absolute atomic E-state index is 12.6. The molecule has 0 unspecified atom stereocenters. The first kappa shape index (κ1) is 21.9. The van der Waals surface area contributed by atoms with Gasteiger partial charge in [-0.25, -0.2) is 15.0 Å². The summed E-state index contributed by atoms with van der Waals surface area (Å²) in [7, 11) is 0. The fourth-order valence-electron chi connectivity index (χ4n) is 2.17. The molecule has 0 atom stereocenters. The van der Waals surface area contributed by atoms with Crippen molar-refractivity contribution in [3.05, 3.63) is 40.0 Å². The van der Waals surface area contributed by atoms with E-state index in [0.717, 1.165) is 22.3 Å². The second-order valence-corrected chi connectivity index (χ2v) is 7.11. The van der Waals surface area contributed by atoms with E-state index < -0.39 is 11.9 Å². The van der Waals surface area contributed by atoms with E-state index in [0.29, 0.717) is 42.9 Å². The van der Waals surface area contributed by atoms with E-state index in [-0.39, 0.29) is 6.10 Å². The minimum absolute atomic E-state index is 0.0611. The van der Waals surface area contributed by atoms with Crippen LogP contribution in [0.15, 0.2) is 28.7 Å². The third-order valence-corrected chi connectivity index (χ3v) is 4.30. The van der Waals surface area contributed by atoms with Crippen molar-refractivity contribution in [2.24, 2.45) is 4.99 Å². The van der Waals surface area contributed by atoms with Gasteiger partial charge in [-0.3, -0.25) is 0 Å². The lowest BCUT2D eigenvalue weighted by Crippen LogP contribution is -2.38. The summed E-state index contributed by atoms with van der Waals surface area (Å²) in [6, 6.07) is 3.69. The Kier molecular flexibility index (Phi) is 8.04. The van der Waals surface area contributed by atoms with Crippen molar-refractivity contribution in [1.82, 2.24) is 20.6 Å². The topological polar surface area (TPSA) is 71.4 Å². The average molecular weight is 415 g/mol. The molecule has 154 valence electrons. The van der Waals surface area contributed by atoms with Gasteiger partial charge in [0.25, 0.3) is 0 Å². The number of pyridine rings is 1. The van der Waals surface area contributed by atoms with Crippen LogP contribution in [0.1, 0.15) is 37.0 Å². The van der Waals surface area contributed by atoms with Crippen LogP contribution in [0.3, 0.4) is 0 Å². The van der Waals surface area contributed by atoms with E-state index in [9.17, 15) is 13.2 Å². The summed E-state index contributed by atoms with van der Waals surface area (Å²) >= 11 is 1.01. The standard InChI is InChI=1S/C18H24F3N5OS/c1-4-22-17(23-8-7-16-26-14(11-28-16)18(19,20)21)25-10-13-5-6-15(24-9-13)27-12(2)3/h5-6,9,11-12H,4,7-8,10H2,1-3H3,(H2,22,23,25). The maximum Gasteiger partial charge on any atom is 0.434 e. The van der Waals surface area contributed by atoms with E-state index in [1.54, 1.807) is 12.3 Å². The van der Waals surface area contributed by atoms with Crippen LogP contribution in [0.4, 0.5) is 13.2 Å². The van der Waals surface area contributed by atoms with Crippen molar-refractivity contribution in [1.29, 1.82) is 0 Å². The zero-order valence-corrected chi connectivity index (χ0v) is 16.8. The van der Waals surface area contributed by atoms with Gasteiger partial charge in [-0.15, -0.1) is 11.3 Å². The van der Waals surface area contributed by atoms with Crippen LogP contribution < -0.4 is 15.4 Å². The fraction of sp³-hybridized carbons (Fsp3) is 0.500. The summed E-state index contributed by atoms with van der Waals surface area (Å²) in [5, 5.41) is 7.67. The fourth-order valence-corrected chi connectivity index (χ4v) is 2.98. The van der Waals surface area contributed by atoms with Crippen LogP contribution >= 0.6 is 11.3 Å².